The highest BCUT2D eigenvalue weighted by molar-refractivity contribution is 6.34. The van der Waals surface area contributed by atoms with Gasteiger partial charge in [0.25, 0.3) is 0 Å². The van der Waals surface area contributed by atoms with E-state index in [0.29, 0.717) is 41.5 Å². The molecule has 220 valence electrons. The van der Waals surface area contributed by atoms with E-state index in [1.54, 1.807) is 6.92 Å². The molecule has 0 radical (unpaired) electrons. The topological polar surface area (TPSA) is 180 Å². The molecule has 3 heterocycles. The first-order chi connectivity index (χ1) is 19.0. The van der Waals surface area contributed by atoms with Gasteiger partial charge in [0.05, 0.1) is 17.6 Å². The summed E-state index contributed by atoms with van der Waals surface area (Å²) in [4.78, 5) is 26.5. The Morgan fingerprint density at radius 2 is 1.45 bits per heavy atom. The number of carbonyl (C=O) groups excluding carboxylic acids is 1. The van der Waals surface area contributed by atoms with Crippen molar-refractivity contribution >= 4 is 52.1 Å². The molecule has 11 nitrogen and oxygen atoms in total. The van der Waals surface area contributed by atoms with Crippen molar-refractivity contribution in [2.75, 3.05) is 13.2 Å². The quantitative estimate of drug-likeness (QED) is 0.211. The lowest BCUT2D eigenvalue weighted by atomic mass is 10.1. The van der Waals surface area contributed by atoms with Gasteiger partial charge in [0.15, 0.2) is 0 Å². The molecule has 14 heteroatoms. The van der Waals surface area contributed by atoms with Crippen molar-refractivity contribution < 1.29 is 25.2 Å². The monoisotopic (exact) mass is 616 g/mol. The Morgan fingerprint density at radius 1 is 0.900 bits per heavy atom. The van der Waals surface area contributed by atoms with Crippen LogP contribution in [0.1, 0.15) is 48.9 Å². The molecule has 2 saturated carbocycles. The fraction of sp³-hybridized carbons (Fsp3) is 0.577. The minimum absolute atomic E-state index is 0.0195. The van der Waals surface area contributed by atoms with E-state index in [0.717, 1.165) is 23.9 Å². The second-order valence-corrected chi connectivity index (χ2v) is 11.2. The summed E-state index contributed by atoms with van der Waals surface area (Å²) in [6.07, 6.45) is 4.77. The van der Waals surface area contributed by atoms with Crippen molar-refractivity contribution in [2.45, 2.75) is 70.2 Å². The summed E-state index contributed by atoms with van der Waals surface area (Å²) in [5, 5.41) is 38.7. The summed E-state index contributed by atoms with van der Waals surface area (Å²) in [6.45, 7) is 3.58. The van der Waals surface area contributed by atoms with Gasteiger partial charge in [-0.25, -0.2) is 19.9 Å². The minimum Gasteiger partial charge on any atom is -0.396 e. The highest BCUT2D eigenvalue weighted by atomic mass is 35.5. The first kappa shape index (κ1) is 32.6. The van der Waals surface area contributed by atoms with Crippen LogP contribution < -0.4 is 5.73 Å². The van der Waals surface area contributed by atoms with Crippen LogP contribution in [0, 0.1) is 25.7 Å². The molecule has 2 aliphatic carbocycles. The number of aryl methyl sites for hydroxylation is 2. The Hall–Kier alpha value is -1.96. The van der Waals surface area contributed by atoms with Crippen LogP contribution in [0.15, 0.2) is 12.3 Å². The Balaban J connectivity index is 0.000000180. The second kappa shape index (κ2) is 14.8. The lowest BCUT2D eigenvalue weighted by molar-refractivity contribution is -0.107. The van der Waals surface area contributed by atoms with Crippen molar-refractivity contribution in [1.82, 2.24) is 24.5 Å². The molecular weight excluding hydrogens is 583 g/mol. The van der Waals surface area contributed by atoms with Gasteiger partial charge in [0, 0.05) is 55.3 Å². The van der Waals surface area contributed by atoms with Gasteiger partial charge in [-0.1, -0.05) is 34.8 Å². The van der Waals surface area contributed by atoms with Gasteiger partial charge in [-0.3, -0.25) is 0 Å². The molecule has 0 spiro atoms. The number of fused-ring (bicyclic) bond motifs is 1. The highest BCUT2D eigenvalue weighted by Gasteiger charge is 2.34. The van der Waals surface area contributed by atoms with Crippen LogP contribution in [-0.2, 0) is 11.2 Å². The number of aromatic nitrogens is 5. The van der Waals surface area contributed by atoms with Gasteiger partial charge < -0.3 is 35.5 Å². The molecule has 6 N–H and O–H groups in total. The first-order valence-corrected chi connectivity index (χ1v) is 14.1. The maximum absolute atomic E-state index is 10.2. The summed E-state index contributed by atoms with van der Waals surface area (Å²) >= 11 is 17.6. The Bertz CT molecular complexity index is 1270. The standard InChI is InChI=1S/C13H16ClN3O2.C7H6Cl2N2O.C6H13NO2/c1-7-15-12(14)10-2-3-17(13(10)16-7)9-4-8(6-18)11(19)5-9;1-4-10-6(8)5(2-3-12)7(9)11-4;7-5-1-4(3-8)6(9)2-5/h2-3,8-9,11,18-19H,4-6H2,1H3;3H,2H2,1H3;4-6,8-9H,1-3,7H2/t8-,9+,11-;;4-,5+,6-/m0.0/s1. The van der Waals surface area contributed by atoms with E-state index in [2.05, 4.69) is 19.9 Å². The van der Waals surface area contributed by atoms with Gasteiger partial charge in [-0.2, -0.15) is 0 Å². The lowest BCUT2D eigenvalue weighted by Crippen LogP contribution is -2.16. The van der Waals surface area contributed by atoms with Gasteiger partial charge in [0.2, 0.25) is 0 Å². The van der Waals surface area contributed by atoms with Gasteiger partial charge in [-0.15, -0.1) is 0 Å². The molecule has 2 fully saturated rings. The number of halogens is 3. The number of hydrogen-bond acceptors (Lipinski definition) is 10. The molecule has 0 aromatic carbocycles. The van der Waals surface area contributed by atoms with Crippen LogP contribution in [0.5, 0.6) is 0 Å². The zero-order chi connectivity index (χ0) is 29.6. The predicted octanol–water partition coefficient (Wildman–Crippen LogP) is 2.61. The Kier molecular flexibility index (Phi) is 12.0. The maximum atomic E-state index is 10.2. The molecule has 6 atom stereocenters. The van der Waals surface area contributed by atoms with E-state index in [9.17, 15) is 15.0 Å². The second-order valence-electron chi connectivity index (χ2n) is 10.1. The summed E-state index contributed by atoms with van der Waals surface area (Å²) in [5.74, 6) is 1.11. The summed E-state index contributed by atoms with van der Waals surface area (Å²) in [7, 11) is 0. The third-order valence-corrected chi connectivity index (χ3v) is 8.04. The van der Waals surface area contributed by atoms with Crippen LogP contribution in [0.2, 0.25) is 15.5 Å². The maximum Gasteiger partial charge on any atom is 0.145 e. The van der Waals surface area contributed by atoms with E-state index >= 15 is 0 Å². The molecule has 3 aromatic heterocycles. The molecule has 0 amide bonds. The van der Waals surface area contributed by atoms with Crippen molar-refractivity contribution in [2.24, 2.45) is 17.6 Å². The average molecular weight is 618 g/mol. The number of aliphatic hydroxyl groups excluding tert-OH is 4. The fourth-order valence-electron chi connectivity index (χ4n) is 5.01. The highest BCUT2D eigenvalue weighted by Crippen LogP contribution is 2.37. The van der Waals surface area contributed by atoms with Crippen molar-refractivity contribution in [3.63, 3.8) is 0 Å². The first-order valence-electron chi connectivity index (χ1n) is 12.9. The van der Waals surface area contributed by atoms with E-state index in [1.807, 2.05) is 23.8 Å². The third kappa shape index (κ3) is 8.07. The SMILES string of the molecule is Cc1nc(Cl)c(CC=O)c(Cl)n1.Cc1nc(Cl)c2ccn([C@@H]3C[C@@H](CO)[C@@H](O)C3)c2n1.N[C@@H]1C[C@@H](CO)[C@@H](O)C1. The number of rotatable bonds is 5. The van der Waals surface area contributed by atoms with Crippen LogP contribution >= 0.6 is 34.8 Å². The van der Waals surface area contributed by atoms with E-state index < -0.39 is 6.10 Å². The molecule has 2 aliphatic rings. The predicted molar refractivity (Wildman–Crippen MR) is 152 cm³/mol. The smallest absolute Gasteiger partial charge is 0.145 e. The van der Waals surface area contributed by atoms with Crippen molar-refractivity contribution in [3.8, 4) is 0 Å². The normalized spacial score (nSPS) is 25.8. The third-order valence-electron chi connectivity index (χ3n) is 7.13. The van der Waals surface area contributed by atoms with Crippen LogP contribution in [-0.4, -0.2) is 82.7 Å². The molecule has 5 rings (SSSR count). The molecule has 40 heavy (non-hydrogen) atoms. The molecule has 3 aromatic rings. The fourth-order valence-corrected chi connectivity index (χ4v) is 5.91. The number of nitrogens with two attached hydrogens (primary N) is 1. The zero-order valence-corrected chi connectivity index (χ0v) is 24.6. The van der Waals surface area contributed by atoms with Gasteiger partial charge >= 0.3 is 0 Å². The Morgan fingerprint density at radius 3 is 1.95 bits per heavy atom. The van der Waals surface area contributed by atoms with E-state index in [1.165, 1.54) is 0 Å². The largest absolute Gasteiger partial charge is 0.396 e. The van der Waals surface area contributed by atoms with Crippen LogP contribution in [0.25, 0.3) is 11.0 Å². The molecule has 0 unspecified atom stereocenters. The number of carbonyl (C=O) groups is 1. The molecule has 0 aliphatic heterocycles. The minimum atomic E-state index is -0.453. The van der Waals surface area contributed by atoms with Crippen molar-refractivity contribution in [1.29, 1.82) is 0 Å². The summed E-state index contributed by atoms with van der Waals surface area (Å²) in [5.41, 5.74) is 6.80. The number of nitrogens with zero attached hydrogens (tertiary/aromatic N) is 5. The average Bonchev–Trinajstić information content (AvgIpc) is 3.57. The number of aldehydes is 1. The zero-order valence-electron chi connectivity index (χ0n) is 22.3. The number of hydrogen-bond donors (Lipinski definition) is 5. The van der Waals surface area contributed by atoms with E-state index in [4.69, 9.17) is 50.7 Å². The molecule has 0 bridgehead atoms. The Labute approximate surface area is 247 Å². The number of aliphatic hydroxyl groups is 4. The van der Waals surface area contributed by atoms with Crippen LogP contribution in [0.4, 0.5) is 0 Å². The van der Waals surface area contributed by atoms with Crippen molar-refractivity contribution in [3.05, 3.63) is 44.9 Å². The summed E-state index contributed by atoms with van der Waals surface area (Å²) < 4.78 is 2.04. The molecular formula is C26H35Cl3N6O5. The summed E-state index contributed by atoms with van der Waals surface area (Å²) in [6, 6.07) is 2.14. The molecule has 0 saturated heterocycles. The van der Waals surface area contributed by atoms with E-state index in [-0.39, 0.29) is 60.0 Å². The van der Waals surface area contributed by atoms with Gasteiger partial charge in [0.1, 0.15) is 39.0 Å². The lowest BCUT2D eigenvalue weighted by Gasteiger charge is -2.13. The van der Waals surface area contributed by atoms with Gasteiger partial charge in [-0.05, 0) is 45.6 Å². The van der Waals surface area contributed by atoms with Crippen LogP contribution in [0.3, 0.4) is 0 Å².